The van der Waals surface area contributed by atoms with Crippen LogP contribution in [-0.2, 0) is 0 Å². The number of hydrogen-bond acceptors (Lipinski definition) is 2. The third kappa shape index (κ3) is 2.05. The Bertz CT molecular complexity index is 169. The van der Waals surface area contributed by atoms with Crippen LogP contribution < -0.4 is 5.32 Å². The molecule has 0 amide bonds. The van der Waals surface area contributed by atoms with Crippen LogP contribution in [0.4, 0.5) is 0 Å². The van der Waals surface area contributed by atoms with E-state index in [2.05, 4.69) is 24.2 Å². The van der Waals surface area contributed by atoms with Gasteiger partial charge >= 0.3 is 0 Å². The fourth-order valence-corrected chi connectivity index (χ4v) is 2.82. The zero-order chi connectivity index (χ0) is 9.26. The molecule has 13 heavy (non-hydrogen) atoms. The minimum Gasteiger partial charge on any atom is -0.310 e. The lowest BCUT2D eigenvalue weighted by atomic mass is 9.82. The quantitative estimate of drug-likeness (QED) is 0.660. The highest BCUT2D eigenvalue weighted by molar-refractivity contribution is 4.90. The highest BCUT2D eigenvalue weighted by Gasteiger charge is 2.32. The summed E-state index contributed by atoms with van der Waals surface area (Å²) in [5, 5.41) is 3.79. The number of nitrogens with zero attached hydrogens (tertiary/aromatic N) is 1. The second-order valence-electron chi connectivity index (χ2n) is 4.77. The number of likely N-dealkylation sites (tertiary alicyclic amines) is 1. The van der Waals surface area contributed by atoms with Crippen molar-refractivity contribution < 1.29 is 0 Å². The predicted molar refractivity (Wildman–Crippen MR) is 55.8 cm³/mol. The maximum absolute atomic E-state index is 3.79. The van der Waals surface area contributed by atoms with Crippen molar-refractivity contribution in [1.82, 2.24) is 10.2 Å². The maximum atomic E-state index is 3.79. The highest BCUT2D eigenvalue weighted by atomic mass is 15.2. The molecule has 0 aromatic rings. The van der Waals surface area contributed by atoms with Gasteiger partial charge in [-0.15, -0.1) is 0 Å². The molecule has 0 aliphatic carbocycles. The molecule has 3 atom stereocenters. The molecule has 0 saturated carbocycles. The average Bonchev–Trinajstić information content (AvgIpc) is 2.16. The largest absolute Gasteiger partial charge is 0.310 e. The summed E-state index contributed by atoms with van der Waals surface area (Å²) in [7, 11) is 2.24. The van der Waals surface area contributed by atoms with Crippen LogP contribution >= 0.6 is 0 Å². The zero-order valence-corrected chi connectivity index (χ0v) is 8.92. The summed E-state index contributed by atoms with van der Waals surface area (Å²) in [5.41, 5.74) is 0. The molecule has 2 heteroatoms. The van der Waals surface area contributed by atoms with Crippen LogP contribution in [0.25, 0.3) is 0 Å². The Morgan fingerprint density at radius 1 is 1.31 bits per heavy atom. The lowest BCUT2D eigenvalue weighted by Gasteiger charge is -2.43. The Kier molecular flexibility index (Phi) is 2.89. The van der Waals surface area contributed by atoms with Crippen molar-refractivity contribution in [3.63, 3.8) is 0 Å². The lowest BCUT2D eigenvalue weighted by molar-refractivity contribution is 0.116. The van der Waals surface area contributed by atoms with E-state index < -0.39 is 0 Å². The van der Waals surface area contributed by atoms with Crippen LogP contribution in [0.3, 0.4) is 0 Å². The second-order valence-corrected chi connectivity index (χ2v) is 4.77. The van der Waals surface area contributed by atoms with Gasteiger partial charge < -0.3 is 10.2 Å². The van der Waals surface area contributed by atoms with E-state index in [1.807, 2.05) is 0 Å². The van der Waals surface area contributed by atoms with E-state index in [-0.39, 0.29) is 0 Å². The van der Waals surface area contributed by atoms with Crippen molar-refractivity contribution in [2.75, 3.05) is 20.1 Å². The van der Waals surface area contributed by atoms with Gasteiger partial charge in [0.05, 0.1) is 0 Å². The van der Waals surface area contributed by atoms with Crippen molar-refractivity contribution in [2.24, 2.45) is 5.92 Å². The van der Waals surface area contributed by atoms with E-state index in [9.17, 15) is 0 Å². The smallest absolute Gasteiger partial charge is 0.0226 e. The first-order valence-electron chi connectivity index (χ1n) is 5.74. The molecule has 0 aromatic heterocycles. The number of nitrogens with one attached hydrogen (secondary N) is 1. The Hall–Kier alpha value is -0.0800. The molecule has 2 fully saturated rings. The van der Waals surface area contributed by atoms with Crippen molar-refractivity contribution in [2.45, 2.75) is 44.7 Å². The molecular formula is C11H22N2. The summed E-state index contributed by atoms with van der Waals surface area (Å²) in [4.78, 5) is 2.46. The van der Waals surface area contributed by atoms with Crippen molar-refractivity contribution in [3.05, 3.63) is 0 Å². The summed E-state index contributed by atoms with van der Waals surface area (Å²) in [6, 6.07) is 1.59. The normalized spacial score (nSPS) is 41.5. The van der Waals surface area contributed by atoms with Gasteiger partial charge in [0.25, 0.3) is 0 Å². The van der Waals surface area contributed by atoms with Crippen molar-refractivity contribution >= 4 is 0 Å². The van der Waals surface area contributed by atoms with Gasteiger partial charge in [0.2, 0.25) is 0 Å². The van der Waals surface area contributed by atoms with Crippen LogP contribution in [-0.4, -0.2) is 37.1 Å². The summed E-state index contributed by atoms with van der Waals surface area (Å²) in [6.45, 7) is 4.87. The Labute approximate surface area is 81.7 Å². The van der Waals surface area contributed by atoms with Gasteiger partial charge in [0.1, 0.15) is 0 Å². The summed E-state index contributed by atoms with van der Waals surface area (Å²) in [5.74, 6) is 0.971. The third-order valence-corrected chi connectivity index (χ3v) is 3.79. The molecule has 0 radical (unpaired) electrons. The van der Waals surface area contributed by atoms with Gasteiger partial charge in [-0.1, -0.05) is 6.92 Å². The number of piperidine rings is 2. The monoisotopic (exact) mass is 182 g/mol. The van der Waals surface area contributed by atoms with Crippen LogP contribution in [0.15, 0.2) is 0 Å². The average molecular weight is 182 g/mol. The predicted octanol–water partition coefficient (Wildman–Crippen LogP) is 1.47. The summed E-state index contributed by atoms with van der Waals surface area (Å²) >= 11 is 0. The molecule has 76 valence electrons. The number of rotatable bonds is 1. The third-order valence-electron chi connectivity index (χ3n) is 3.79. The number of hydrogen-bond donors (Lipinski definition) is 1. The highest BCUT2D eigenvalue weighted by Crippen LogP contribution is 2.27. The first kappa shape index (κ1) is 9.47. The van der Waals surface area contributed by atoms with Crippen molar-refractivity contribution in [1.29, 1.82) is 0 Å². The molecule has 2 rings (SSSR count). The Morgan fingerprint density at radius 2 is 2.15 bits per heavy atom. The molecule has 2 aliphatic rings. The SMILES string of the molecule is CCC1CC[C@@H]2CCN(C)C[C@@H]2N1. The maximum Gasteiger partial charge on any atom is 0.0226 e. The van der Waals surface area contributed by atoms with Crippen molar-refractivity contribution in [3.8, 4) is 0 Å². The first-order valence-corrected chi connectivity index (χ1v) is 5.74. The molecule has 0 bridgehead atoms. The Morgan fingerprint density at radius 3 is 2.92 bits per heavy atom. The number of likely N-dealkylation sites (N-methyl/N-ethyl adjacent to an activating group) is 1. The fraction of sp³-hybridized carbons (Fsp3) is 1.00. The molecular weight excluding hydrogens is 160 g/mol. The molecule has 2 heterocycles. The standard InChI is InChI=1S/C11H22N2/c1-3-10-5-4-9-6-7-13(2)8-11(9)12-10/h9-12H,3-8H2,1-2H3/t9-,10?,11+/m1/s1. The van der Waals surface area contributed by atoms with Gasteiger partial charge in [-0.05, 0) is 45.2 Å². The topological polar surface area (TPSA) is 15.3 Å². The molecule has 0 aromatic carbocycles. The van der Waals surface area contributed by atoms with Gasteiger partial charge in [-0.2, -0.15) is 0 Å². The van der Waals surface area contributed by atoms with E-state index >= 15 is 0 Å². The van der Waals surface area contributed by atoms with Crippen LogP contribution in [0.2, 0.25) is 0 Å². The Balaban J connectivity index is 1.91. The van der Waals surface area contributed by atoms with Gasteiger partial charge in [0, 0.05) is 18.6 Å². The van der Waals surface area contributed by atoms with E-state index in [1.54, 1.807) is 0 Å². The summed E-state index contributed by atoms with van der Waals surface area (Å²) < 4.78 is 0. The molecule has 2 saturated heterocycles. The van der Waals surface area contributed by atoms with E-state index in [1.165, 1.54) is 38.8 Å². The van der Waals surface area contributed by atoms with Gasteiger partial charge in [0.15, 0.2) is 0 Å². The molecule has 1 unspecified atom stereocenters. The first-order chi connectivity index (χ1) is 6.29. The second kappa shape index (κ2) is 3.97. The van der Waals surface area contributed by atoms with Crippen LogP contribution in [0, 0.1) is 5.92 Å². The van der Waals surface area contributed by atoms with E-state index in [0.717, 1.165) is 18.0 Å². The van der Waals surface area contributed by atoms with E-state index in [4.69, 9.17) is 0 Å². The minimum absolute atomic E-state index is 0.789. The van der Waals surface area contributed by atoms with Gasteiger partial charge in [-0.25, -0.2) is 0 Å². The summed E-state index contributed by atoms with van der Waals surface area (Å²) in [6.07, 6.45) is 5.57. The molecule has 2 nitrogen and oxygen atoms in total. The lowest BCUT2D eigenvalue weighted by Crippen LogP contribution is -2.55. The zero-order valence-electron chi connectivity index (χ0n) is 8.92. The van der Waals surface area contributed by atoms with Crippen LogP contribution in [0.5, 0.6) is 0 Å². The van der Waals surface area contributed by atoms with E-state index in [0.29, 0.717) is 0 Å². The van der Waals surface area contributed by atoms with Crippen LogP contribution in [0.1, 0.15) is 32.6 Å². The number of fused-ring (bicyclic) bond motifs is 1. The molecule has 1 N–H and O–H groups in total. The molecule has 2 aliphatic heterocycles. The minimum atomic E-state index is 0.789. The molecule has 0 spiro atoms. The fourth-order valence-electron chi connectivity index (χ4n) is 2.82. The van der Waals surface area contributed by atoms with Gasteiger partial charge in [-0.3, -0.25) is 0 Å².